The number of methoxy groups -OCH3 is 1. The van der Waals surface area contributed by atoms with Gasteiger partial charge in [0.05, 0.1) is 12.8 Å². The summed E-state index contributed by atoms with van der Waals surface area (Å²) < 4.78 is 32.1. The number of carbonyl (C=O) groups is 1. The lowest BCUT2D eigenvalue weighted by molar-refractivity contribution is 0.0607. The summed E-state index contributed by atoms with van der Waals surface area (Å²) >= 11 is 1.02. The second-order valence-electron chi connectivity index (χ2n) is 4.86. The summed E-state index contributed by atoms with van der Waals surface area (Å²) in [5.41, 5.74) is 7.00. The van der Waals surface area contributed by atoms with E-state index in [0.29, 0.717) is 10.4 Å². The van der Waals surface area contributed by atoms with E-state index in [1.54, 1.807) is 0 Å². The van der Waals surface area contributed by atoms with Gasteiger partial charge in [-0.05, 0) is 29.7 Å². The van der Waals surface area contributed by atoms with Gasteiger partial charge in [0.2, 0.25) is 0 Å². The quantitative estimate of drug-likeness (QED) is 0.865. The fourth-order valence-electron chi connectivity index (χ4n) is 2.15. The summed E-state index contributed by atoms with van der Waals surface area (Å²) in [5, 5.41) is 0. The van der Waals surface area contributed by atoms with Crippen molar-refractivity contribution in [3.05, 3.63) is 40.3 Å². The monoisotopic (exact) mass is 311 g/mol. The summed E-state index contributed by atoms with van der Waals surface area (Å²) in [7, 11) is 1.25. The van der Waals surface area contributed by atoms with Gasteiger partial charge in [-0.1, -0.05) is 13.8 Å². The molecule has 6 heteroatoms. The first-order valence-corrected chi connectivity index (χ1v) is 7.14. The Hall–Kier alpha value is -1.95. The van der Waals surface area contributed by atoms with Gasteiger partial charge in [-0.25, -0.2) is 13.6 Å². The molecule has 21 heavy (non-hydrogen) atoms. The number of carbonyl (C=O) groups excluding carboxylic acids is 1. The molecule has 0 fully saturated rings. The number of nitrogens with two attached hydrogens (primary N) is 1. The first kappa shape index (κ1) is 15.4. The molecule has 0 aliphatic carbocycles. The van der Waals surface area contributed by atoms with Crippen LogP contribution in [0.1, 0.15) is 35.0 Å². The maximum Gasteiger partial charge on any atom is 0.350 e. The van der Waals surface area contributed by atoms with Crippen LogP contribution in [0.4, 0.5) is 14.5 Å². The molecule has 0 atom stereocenters. The van der Waals surface area contributed by atoms with E-state index >= 15 is 0 Å². The largest absolute Gasteiger partial charge is 0.465 e. The van der Waals surface area contributed by atoms with E-state index in [0.717, 1.165) is 29.5 Å². The van der Waals surface area contributed by atoms with Gasteiger partial charge in [-0.3, -0.25) is 0 Å². The molecular weight excluding hydrogens is 296 g/mol. The minimum absolute atomic E-state index is 0.0441. The molecule has 0 unspecified atom stereocenters. The number of halogens is 2. The molecule has 2 rings (SSSR count). The molecule has 0 amide bonds. The van der Waals surface area contributed by atoms with E-state index in [2.05, 4.69) is 4.74 Å². The molecule has 0 aliphatic rings. The van der Waals surface area contributed by atoms with E-state index < -0.39 is 17.6 Å². The molecule has 0 aliphatic heterocycles. The van der Waals surface area contributed by atoms with Gasteiger partial charge in [0.1, 0.15) is 16.5 Å². The van der Waals surface area contributed by atoms with E-state index in [-0.39, 0.29) is 22.0 Å². The third-order valence-corrected chi connectivity index (χ3v) is 4.34. The first-order valence-electron chi connectivity index (χ1n) is 6.32. The van der Waals surface area contributed by atoms with Crippen LogP contribution in [0.15, 0.2) is 18.2 Å². The van der Waals surface area contributed by atoms with Gasteiger partial charge in [-0.2, -0.15) is 0 Å². The van der Waals surface area contributed by atoms with Crippen molar-refractivity contribution < 1.29 is 18.3 Å². The summed E-state index contributed by atoms with van der Waals surface area (Å²) in [4.78, 5) is 12.4. The Kier molecular flexibility index (Phi) is 4.27. The number of nitrogen functional groups attached to an aromatic ring is 1. The van der Waals surface area contributed by atoms with Gasteiger partial charge in [0, 0.05) is 10.4 Å². The molecule has 0 spiro atoms. The third kappa shape index (κ3) is 2.76. The van der Waals surface area contributed by atoms with Crippen LogP contribution in [-0.2, 0) is 4.74 Å². The molecule has 0 saturated carbocycles. The van der Waals surface area contributed by atoms with Crippen molar-refractivity contribution in [2.75, 3.05) is 12.8 Å². The molecule has 2 N–H and O–H groups in total. The zero-order valence-electron chi connectivity index (χ0n) is 11.9. The van der Waals surface area contributed by atoms with Crippen LogP contribution in [0.3, 0.4) is 0 Å². The van der Waals surface area contributed by atoms with Gasteiger partial charge < -0.3 is 10.5 Å². The molecule has 1 aromatic carbocycles. The maximum atomic E-state index is 14.0. The molecule has 0 saturated heterocycles. The van der Waals surface area contributed by atoms with E-state index in [4.69, 9.17) is 5.73 Å². The van der Waals surface area contributed by atoms with Crippen molar-refractivity contribution in [1.29, 1.82) is 0 Å². The van der Waals surface area contributed by atoms with Crippen molar-refractivity contribution in [2.45, 2.75) is 19.8 Å². The minimum Gasteiger partial charge on any atom is -0.465 e. The van der Waals surface area contributed by atoms with Crippen molar-refractivity contribution in [2.24, 2.45) is 0 Å². The van der Waals surface area contributed by atoms with Crippen molar-refractivity contribution >= 4 is 23.0 Å². The smallest absolute Gasteiger partial charge is 0.350 e. The highest BCUT2D eigenvalue weighted by Gasteiger charge is 2.25. The van der Waals surface area contributed by atoms with Crippen LogP contribution in [0.5, 0.6) is 0 Å². The highest BCUT2D eigenvalue weighted by Crippen LogP contribution is 2.43. The van der Waals surface area contributed by atoms with E-state index in [9.17, 15) is 13.6 Å². The lowest BCUT2D eigenvalue weighted by atomic mass is 9.98. The number of hydrogen-bond donors (Lipinski definition) is 1. The average Bonchev–Trinajstić information content (AvgIpc) is 2.78. The van der Waals surface area contributed by atoms with Crippen molar-refractivity contribution in [3.63, 3.8) is 0 Å². The zero-order valence-corrected chi connectivity index (χ0v) is 12.7. The van der Waals surface area contributed by atoms with Gasteiger partial charge in [-0.15, -0.1) is 11.3 Å². The lowest BCUT2D eigenvalue weighted by Gasteiger charge is -2.09. The number of ether oxygens (including phenoxy) is 1. The van der Waals surface area contributed by atoms with E-state index in [1.165, 1.54) is 7.11 Å². The standard InChI is InChI=1S/C15H15F2NO2S/c1-7(2)11-12(18)14(15(19)20-3)21-13(11)9-6-8(16)4-5-10(9)17/h4-7H,18H2,1-3H3. The van der Waals surface area contributed by atoms with Crippen LogP contribution in [-0.4, -0.2) is 13.1 Å². The fourth-order valence-corrected chi connectivity index (χ4v) is 3.46. The molecule has 0 radical (unpaired) electrons. The van der Waals surface area contributed by atoms with Crippen molar-refractivity contribution in [3.8, 4) is 10.4 Å². The normalized spacial score (nSPS) is 11.0. The summed E-state index contributed by atoms with van der Waals surface area (Å²) in [6.45, 7) is 3.75. The SMILES string of the molecule is COC(=O)c1sc(-c2cc(F)ccc2F)c(C(C)C)c1N. The highest BCUT2D eigenvalue weighted by molar-refractivity contribution is 7.18. The number of hydrogen-bond acceptors (Lipinski definition) is 4. The number of thiophene rings is 1. The fraction of sp³-hybridized carbons (Fsp3) is 0.267. The predicted octanol–water partition coefficient (Wildman–Crippen LogP) is 4.19. The molecule has 1 heterocycles. The minimum atomic E-state index is -0.581. The molecule has 1 aromatic heterocycles. The summed E-state index contributed by atoms with van der Waals surface area (Å²) in [6, 6.07) is 3.21. The first-order chi connectivity index (χ1) is 9.86. The molecule has 0 bridgehead atoms. The Balaban J connectivity index is 2.73. The summed E-state index contributed by atoms with van der Waals surface area (Å²) in [6.07, 6.45) is 0. The van der Waals surface area contributed by atoms with Crippen LogP contribution in [0.2, 0.25) is 0 Å². The topological polar surface area (TPSA) is 52.3 Å². The van der Waals surface area contributed by atoms with Crippen LogP contribution in [0, 0.1) is 11.6 Å². The maximum absolute atomic E-state index is 14.0. The number of rotatable bonds is 3. The van der Waals surface area contributed by atoms with Gasteiger partial charge >= 0.3 is 5.97 Å². The molecule has 2 aromatic rings. The Morgan fingerprint density at radius 3 is 2.57 bits per heavy atom. The number of esters is 1. The second kappa shape index (κ2) is 5.81. The highest BCUT2D eigenvalue weighted by atomic mass is 32.1. The van der Waals surface area contributed by atoms with Crippen molar-refractivity contribution in [1.82, 2.24) is 0 Å². The number of anilines is 1. The zero-order chi connectivity index (χ0) is 15.7. The van der Waals surface area contributed by atoms with Crippen LogP contribution >= 0.6 is 11.3 Å². The van der Waals surface area contributed by atoms with Crippen LogP contribution in [0.25, 0.3) is 10.4 Å². The average molecular weight is 311 g/mol. The Bertz CT molecular complexity index is 695. The van der Waals surface area contributed by atoms with Gasteiger partial charge in [0.25, 0.3) is 0 Å². The third-order valence-electron chi connectivity index (χ3n) is 3.10. The molecule has 112 valence electrons. The summed E-state index contributed by atoms with van der Waals surface area (Å²) in [5.74, 6) is -1.73. The van der Waals surface area contributed by atoms with Gasteiger partial charge in [0.15, 0.2) is 0 Å². The second-order valence-corrected chi connectivity index (χ2v) is 5.88. The Labute approximate surface area is 125 Å². The lowest BCUT2D eigenvalue weighted by Crippen LogP contribution is -2.03. The Morgan fingerprint density at radius 2 is 2.00 bits per heavy atom. The number of benzene rings is 1. The molecule has 3 nitrogen and oxygen atoms in total. The van der Waals surface area contributed by atoms with E-state index in [1.807, 2.05) is 13.8 Å². The predicted molar refractivity (Wildman–Crippen MR) is 79.5 cm³/mol. The molecular formula is C15H15F2NO2S. The Morgan fingerprint density at radius 1 is 1.33 bits per heavy atom. The van der Waals surface area contributed by atoms with Crippen LogP contribution < -0.4 is 5.73 Å².